The molecule has 0 radical (unpaired) electrons. The molecule has 15 heavy (non-hydrogen) atoms. The Balaban J connectivity index is 2.29. The van der Waals surface area contributed by atoms with Gasteiger partial charge < -0.3 is 5.73 Å². The fraction of sp³-hybridized carbons (Fsp3) is 0.300. The van der Waals surface area contributed by atoms with Crippen LogP contribution in [0.2, 0.25) is 0 Å². The summed E-state index contributed by atoms with van der Waals surface area (Å²) in [7, 11) is 0. The molecule has 1 aliphatic heterocycles. The third kappa shape index (κ3) is 1.39. The van der Waals surface area contributed by atoms with Crippen LogP contribution in [-0.4, -0.2) is 15.0 Å². The molecular weight excluding hydrogens is 208 g/mol. The van der Waals surface area contributed by atoms with E-state index in [1.807, 2.05) is 24.2 Å². The van der Waals surface area contributed by atoms with Gasteiger partial charge in [0.05, 0.1) is 6.54 Å². The van der Waals surface area contributed by atoms with E-state index in [0.29, 0.717) is 12.4 Å². The Morgan fingerprint density at radius 1 is 1.27 bits per heavy atom. The molecule has 0 amide bonds. The fourth-order valence-electron chi connectivity index (χ4n) is 1.77. The highest BCUT2D eigenvalue weighted by Crippen LogP contribution is 2.33. The van der Waals surface area contributed by atoms with Gasteiger partial charge in [-0.3, -0.25) is 0 Å². The van der Waals surface area contributed by atoms with E-state index >= 15 is 0 Å². The Morgan fingerprint density at radius 2 is 2.20 bits per heavy atom. The van der Waals surface area contributed by atoms with E-state index in [-0.39, 0.29) is 0 Å². The molecule has 4 nitrogen and oxygen atoms in total. The molecule has 0 fully saturated rings. The molecule has 0 saturated heterocycles. The number of nitrogens with two attached hydrogens (primary N) is 1. The van der Waals surface area contributed by atoms with E-state index < -0.39 is 0 Å². The van der Waals surface area contributed by atoms with Crippen LogP contribution >= 0.6 is 11.8 Å². The number of pyridine rings is 1. The van der Waals surface area contributed by atoms with E-state index in [9.17, 15) is 0 Å². The van der Waals surface area contributed by atoms with Crippen molar-refractivity contribution >= 4 is 22.8 Å². The lowest BCUT2D eigenvalue weighted by Gasteiger charge is -2.03. The summed E-state index contributed by atoms with van der Waals surface area (Å²) in [4.78, 5) is 12.9. The first-order chi connectivity index (χ1) is 7.38. The van der Waals surface area contributed by atoms with Crippen molar-refractivity contribution in [2.24, 2.45) is 5.73 Å². The SMILES string of the molecule is NCc1ncc2c3c(cnc2n1)CSC3. The molecule has 0 spiro atoms. The average molecular weight is 218 g/mol. The second kappa shape index (κ2) is 3.43. The smallest absolute Gasteiger partial charge is 0.163 e. The van der Waals surface area contributed by atoms with Crippen LogP contribution in [0.4, 0.5) is 0 Å². The molecule has 5 heteroatoms. The molecular formula is C10H10N4S. The minimum atomic E-state index is 0.365. The van der Waals surface area contributed by atoms with Gasteiger partial charge in [0, 0.05) is 29.3 Å². The van der Waals surface area contributed by atoms with Crippen molar-refractivity contribution in [3.05, 3.63) is 29.3 Å². The summed E-state index contributed by atoms with van der Waals surface area (Å²) in [5.74, 6) is 2.75. The summed E-state index contributed by atoms with van der Waals surface area (Å²) in [5, 5.41) is 1.08. The number of thioether (sulfide) groups is 1. The second-order valence-electron chi connectivity index (χ2n) is 3.48. The van der Waals surface area contributed by atoms with Crippen LogP contribution in [-0.2, 0) is 18.1 Å². The van der Waals surface area contributed by atoms with Crippen LogP contribution in [0.3, 0.4) is 0 Å². The molecule has 2 aromatic rings. The molecule has 0 atom stereocenters. The van der Waals surface area contributed by atoms with Crippen molar-refractivity contribution in [3.63, 3.8) is 0 Å². The predicted molar refractivity (Wildman–Crippen MR) is 60.2 cm³/mol. The largest absolute Gasteiger partial charge is 0.324 e. The second-order valence-corrected chi connectivity index (χ2v) is 4.47. The van der Waals surface area contributed by atoms with Crippen molar-refractivity contribution in [1.29, 1.82) is 0 Å². The molecule has 76 valence electrons. The lowest BCUT2D eigenvalue weighted by Crippen LogP contribution is -2.04. The number of fused-ring (bicyclic) bond motifs is 3. The fourth-order valence-corrected chi connectivity index (χ4v) is 2.88. The van der Waals surface area contributed by atoms with Crippen molar-refractivity contribution in [3.8, 4) is 0 Å². The average Bonchev–Trinajstić information content (AvgIpc) is 2.76. The number of rotatable bonds is 1. The first kappa shape index (κ1) is 9.06. The predicted octanol–water partition coefficient (Wildman–Crippen LogP) is 1.23. The van der Waals surface area contributed by atoms with Gasteiger partial charge in [-0.2, -0.15) is 11.8 Å². The van der Waals surface area contributed by atoms with Gasteiger partial charge in [0.2, 0.25) is 0 Å². The number of nitrogens with zero attached hydrogens (tertiary/aromatic N) is 3. The third-order valence-electron chi connectivity index (χ3n) is 2.56. The van der Waals surface area contributed by atoms with Gasteiger partial charge in [-0.25, -0.2) is 15.0 Å². The monoisotopic (exact) mass is 218 g/mol. The highest BCUT2D eigenvalue weighted by Gasteiger charge is 2.15. The van der Waals surface area contributed by atoms with Crippen LogP contribution < -0.4 is 5.73 Å². The molecule has 0 saturated carbocycles. The molecule has 0 unspecified atom stereocenters. The lowest BCUT2D eigenvalue weighted by molar-refractivity contribution is 0.919. The molecule has 2 N–H and O–H groups in total. The minimum absolute atomic E-state index is 0.365. The maximum Gasteiger partial charge on any atom is 0.163 e. The quantitative estimate of drug-likeness (QED) is 0.780. The van der Waals surface area contributed by atoms with E-state index in [1.54, 1.807) is 0 Å². The minimum Gasteiger partial charge on any atom is -0.324 e. The Morgan fingerprint density at radius 3 is 3.07 bits per heavy atom. The van der Waals surface area contributed by atoms with E-state index in [2.05, 4.69) is 15.0 Å². The van der Waals surface area contributed by atoms with Crippen LogP contribution in [0.1, 0.15) is 17.0 Å². The van der Waals surface area contributed by atoms with Gasteiger partial charge in [-0.05, 0) is 11.1 Å². The van der Waals surface area contributed by atoms with Gasteiger partial charge in [-0.1, -0.05) is 0 Å². The Bertz CT molecular complexity index is 526. The summed E-state index contributed by atoms with van der Waals surface area (Å²) in [6.07, 6.45) is 3.77. The van der Waals surface area contributed by atoms with Gasteiger partial charge in [-0.15, -0.1) is 0 Å². The van der Waals surface area contributed by atoms with Crippen molar-refractivity contribution in [2.75, 3.05) is 0 Å². The molecule has 2 aromatic heterocycles. The first-order valence-electron chi connectivity index (χ1n) is 4.78. The van der Waals surface area contributed by atoms with Crippen LogP contribution in [0, 0.1) is 0 Å². The van der Waals surface area contributed by atoms with Gasteiger partial charge in [0.25, 0.3) is 0 Å². The lowest BCUT2D eigenvalue weighted by atomic mass is 10.1. The van der Waals surface area contributed by atoms with Gasteiger partial charge in [0.1, 0.15) is 5.82 Å². The van der Waals surface area contributed by atoms with Crippen molar-refractivity contribution in [1.82, 2.24) is 15.0 Å². The molecule has 0 bridgehead atoms. The molecule has 0 aromatic carbocycles. The number of hydrogen-bond acceptors (Lipinski definition) is 5. The number of aromatic nitrogens is 3. The summed E-state index contributed by atoms with van der Waals surface area (Å²) >= 11 is 1.91. The van der Waals surface area contributed by atoms with Crippen molar-refractivity contribution in [2.45, 2.75) is 18.1 Å². The molecule has 1 aliphatic rings. The van der Waals surface area contributed by atoms with Crippen LogP contribution in [0.25, 0.3) is 11.0 Å². The Hall–Kier alpha value is -1.20. The highest BCUT2D eigenvalue weighted by atomic mass is 32.2. The highest BCUT2D eigenvalue weighted by molar-refractivity contribution is 7.98. The summed E-state index contributed by atoms with van der Waals surface area (Å²) in [6, 6.07) is 0. The topological polar surface area (TPSA) is 64.7 Å². The van der Waals surface area contributed by atoms with Crippen LogP contribution in [0.5, 0.6) is 0 Å². The standard InChI is InChI=1S/C10H10N4S/c11-1-9-12-3-7-8-5-15-4-6(8)2-13-10(7)14-9/h2-3H,1,4-5,11H2. The maximum absolute atomic E-state index is 5.50. The van der Waals surface area contributed by atoms with E-state index in [1.165, 1.54) is 11.1 Å². The molecule has 0 aliphatic carbocycles. The zero-order valence-corrected chi connectivity index (χ0v) is 8.92. The Labute approximate surface area is 91.3 Å². The van der Waals surface area contributed by atoms with E-state index in [4.69, 9.17) is 5.73 Å². The maximum atomic E-state index is 5.50. The first-order valence-corrected chi connectivity index (χ1v) is 5.94. The van der Waals surface area contributed by atoms with Crippen molar-refractivity contribution < 1.29 is 0 Å². The van der Waals surface area contributed by atoms with Gasteiger partial charge >= 0.3 is 0 Å². The zero-order chi connectivity index (χ0) is 10.3. The molecule has 3 rings (SSSR count). The molecule has 3 heterocycles. The summed E-state index contributed by atoms with van der Waals surface area (Å²) in [5.41, 5.74) is 8.92. The summed E-state index contributed by atoms with van der Waals surface area (Å²) in [6.45, 7) is 0.365. The normalized spacial score (nSPS) is 14.5. The Kier molecular flexibility index (Phi) is 2.07. The number of hydrogen-bond donors (Lipinski definition) is 1. The van der Waals surface area contributed by atoms with E-state index in [0.717, 1.165) is 22.5 Å². The zero-order valence-electron chi connectivity index (χ0n) is 8.10. The van der Waals surface area contributed by atoms with Crippen LogP contribution in [0.15, 0.2) is 12.4 Å². The summed E-state index contributed by atoms with van der Waals surface area (Å²) < 4.78 is 0. The van der Waals surface area contributed by atoms with Gasteiger partial charge in [0.15, 0.2) is 5.65 Å². The third-order valence-corrected chi connectivity index (χ3v) is 3.57.